The fraction of sp³-hybridized carbons (Fsp3) is 0.222. The van der Waals surface area contributed by atoms with Crippen molar-refractivity contribution in [3.63, 3.8) is 0 Å². The Bertz CT molecular complexity index is 668. The molecule has 0 bridgehead atoms. The molecule has 1 heterocycles. The SMILES string of the molecule is C=CCN(Cc1cccc(OC)c1)C(=O)c1cnccc1C. The van der Waals surface area contributed by atoms with Crippen LogP contribution in [0, 0.1) is 6.92 Å². The van der Waals surface area contributed by atoms with E-state index >= 15 is 0 Å². The third-order valence-corrected chi connectivity index (χ3v) is 3.41. The number of carbonyl (C=O) groups is 1. The van der Waals surface area contributed by atoms with Crippen molar-refractivity contribution in [2.75, 3.05) is 13.7 Å². The number of carbonyl (C=O) groups excluding carboxylic acids is 1. The van der Waals surface area contributed by atoms with Gasteiger partial charge in [-0.1, -0.05) is 18.2 Å². The average Bonchev–Trinajstić information content (AvgIpc) is 2.54. The van der Waals surface area contributed by atoms with Crippen LogP contribution in [-0.2, 0) is 6.54 Å². The van der Waals surface area contributed by atoms with Crippen molar-refractivity contribution >= 4 is 5.91 Å². The van der Waals surface area contributed by atoms with Crippen molar-refractivity contribution in [3.05, 3.63) is 72.1 Å². The first-order valence-electron chi connectivity index (χ1n) is 7.09. The van der Waals surface area contributed by atoms with Gasteiger partial charge in [-0.25, -0.2) is 0 Å². The lowest BCUT2D eigenvalue weighted by Gasteiger charge is -2.22. The summed E-state index contributed by atoms with van der Waals surface area (Å²) in [5.41, 5.74) is 2.54. The molecule has 114 valence electrons. The van der Waals surface area contributed by atoms with Gasteiger partial charge in [-0.15, -0.1) is 6.58 Å². The van der Waals surface area contributed by atoms with Crippen LogP contribution >= 0.6 is 0 Å². The van der Waals surface area contributed by atoms with E-state index < -0.39 is 0 Å². The molecule has 1 amide bonds. The van der Waals surface area contributed by atoms with Crippen LogP contribution in [0.4, 0.5) is 0 Å². The standard InChI is InChI=1S/C18H20N2O2/c1-4-10-20(13-15-6-5-7-16(11-15)22-3)18(21)17-12-19-9-8-14(17)2/h4-9,11-12H,1,10,13H2,2-3H3. The first-order chi connectivity index (χ1) is 10.7. The first kappa shape index (κ1) is 15.8. The van der Waals surface area contributed by atoms with Crippen molar-refractivity contribution in [3.8, 4) is 5.75 Å². The van der Waals surface area contributed by atoms with Gasteiger partial charge in [0, 0.05) is 25.5 Å². The van der Waals surface area contributed by atoms with Crippen LogP contribution in [0.3, 0.4) is 0 Å². The fourth-order valence-electron chi connectivity index (χ4n) is 2.22. The van der Waals surface area contributed by atoms with Gasteiger partial charge < -0.3 is 9.64 Å². The highest BCUT2D eigenvalue weighted by atomic mass is 16.5. The Morgan fingerprint density at radius 3 is 2.91 bits per heavy atom. The topological polar surface area (TPSA) is 42.4 Å². The number of methoxy groups -OCH3 is 1. The molecule has 0 aliphatic carbocycles. The van der Waals surface area contributed by atoms with Gasteiger partial charge >= 0.3 is 0 Å². The molecule has 2 rings (SSSR count). The number of rotatable bonds is 6. The van der Waals surface area contributed by atoms with Crippen LogP contribution < -0.4 is 4.74 Å². The summed E-state index contributed by atoms with van der Waals surface area (Å²) < 4.78 is 5.23. The maximum Gasteiger partial charge on any atom is 0.256 e. The van der Waals surface area contributed by atoms with Crippen molar-refractivity contribution in [2.24, 2.45) is 0 Å². The highest BCUT2D eigenvalue weighted by molar-refractivity contribution is 5.95. The highest BCUT2D eigenvalue weighted by Gasteiger charge is 2.17. The molecular weight excluding hydrogens is 276 g/mol. The largest absolute Gasteiger partial charge is 0.497 e. The number of aromatic nitrogens is 1. The van der Waals surface area contributed by atoms with E-state index in [0.717, 1.165) is 16.9 Å². The minimum absolute atomic E-state index is 0.0479. The predicted octanol–water partition coefficient (Wildman–Crippen LogP) is 3.23. The second kappa shape index (κ2) is 7.41. The van der Waals surface area contributed by atoms with Gasteiger partial charge in [0.1, 0.15) is 5.75 Å². The Balaban J connectivity index is 2.24. The number of aryl methyl sites for hydroxylation is 1. The molecule has 4 heteroatoms. The molecule has 0 atom stereocenters. The summed E-state index contributed by atoms with van der Waals surface area (Å²) in [4.78, 5) is 18.5. The summed E-state index contributed by atoms with van der Waals surface area (Å²) in [6.45, 7) is 6.62. The van der Waals surface area contributed by atoms with Crippen molar-refractivity contribution in [1.29, 1.82) is 0 Å². The molecule has 2 aromatic rings. The molecule has 0 fully saturated rings. The normalized spacial score (nSPS) is 10.1. The van der Waals surface area contributed by atoms with Gasteiger partial charge in [-0.3, -0.25) is 9.78 Å². The summed E-state index contributed by atoms with van der Waals surface area (Å²) in [5.74, 6) is 0.731. The number of amides is 1. The van der Waals surface area contributed by atoms with E-state index in [0.29, 0.717) is 18.7 Å². The zero-order chi connectivity index (χ0) is 15.9. The van der Waals surface area contributed by atoms with E-state index in [1.807, 2.05) is 37.3 Å². The molecule has 0 aliphatic rings. The Labute approximate surface area is 131 Å². The molecule has 0 aliphatic heterocycles. The lowest BCUT2D eigenvalue weighted by Crippen LogP contribution is -2.31. The van der Waals surface area contributed by atoms with Crippen LogP contribution in [0.25, 0.3) is 0 Å². The molecule has 0 spiro atoms. The highest BCUT2D eigenvalue weighted by Crippen LogP contribution is 2.16. The van der Waals surface area contributed by atoms with Gasteiger partial charge in [-0.2, -0.15) is 0 Å². The third kappa shape index (κ3) is 3.73. The predicted molar refractivity (Wildman–Crippen MR) is 86.9 cm³/mol. The van der Waals surface area contributed by atoms with Crippen molar-refractivity contribution in [2.45, 2.75) is 13.5 Å². The second-order valence-electron chi connectivity index (χ2n) is 5.02. The van der Waals surface area contributed by atoms with Crippen molar-refractivity contribution < 1.29 is 9.53 Å². The number of benzene rings is 1. The Morgan fingerprint density at radius 2 is 2.23 bits per heavy atom. The van der Waals surface area contributed by atoms with Crippen molar-refractivity contribution in [1.82, 2.24) is 9.88 Å². The van der Waals surface area contributed by atoms with E-state index in [9.17, 15) is 4.79 Å². The van der Waals surface area contributed by atoms with E-state index in [-0.39, 0.29) is 5.91 Å². The lowest BCUT2D eigenvalue weighted by atomic mass is 10.1. The molecule has 1 aromatic carbocycles. The number of ether oxygens (including phenoxy) is 1. The number of pyridine rings is 1. The monoisotopic (exact) mass is 296 g/mol. The van der Waals surface area contributed by atoms with E-state index in [2.05, 4.69) is 11.6 Å². The Kier molecular flexibility index (Phi) is 5.31. The molecule has 4 nitrogen and oxygen atoms in total. The van der Waals surface area contributed by atoms with Gasteiger partial charge in [0.25, 0.3) is 5.91 Å². The first-order valence-corrected chi connectivity index (χ1v) is 7.09. The van der Waals surface area contributed by atoms with Gasteiger partial charge in [-0.05, 0) is 36.2 Å². The minimum Gasteiger partial charge on any atom is -0.497 e. The zero-order valence-electron chi connectivity index (χ0n) is 13.0. The molecule has 1 aromatic heterocycles. The lowest BCUT2D eigenvalue weighted by molar-refractivity contribution is 0.0761. The average molecular weight is 296 g/mol. The number of nitrogens with zero attached hydrogens (tertiary/aromatic N) is 2. The summed E-state index contributed by atoms with van der Waals surface area (Å²) >= 11 is 0. The van der Waals surface area contributed by atoms with E-state index in [1.165, 1.54) is 0 Å². The number of hydrogen-bond donors (Lipinski definition) is 0. The van der Waals surface area contributed by atoms with Crippen LogP contribution in [0.2, 0.25) is 0 Å². The molecular formula is C18H20N2O2. The molecule has 0 radical (unpaired) electrons. The third-order valence-electron chi connectivity index (χ3n) is 3.41. The maximum atomic E-state index is 12.7. The number of hydrogen-bond acceptors (Lipinski definition) is 3. The van der Waals surface area contributed by atoms with Crippen LogP contribution in [0.1, 0.15) is 21.5 Å². The molecule has 0 saturated heterocycles. The molecule has 0 N–H and O–H groups in total. The molecule has 0 saturated carbocycles. The minimum atomic E-state index is -0.0479. The summed E-state index contributed by atoms with van der Waals surface area (Å²) in [7, 11) is 1.63. The Hall–Kier alpha value is -2.62. The zero-order valence-corrected chi connectivity index (χ0v) is 13.0. The maximum absolute atomic E-state index is 12.7. The summed E-state index contributed by atoms with van der Waals surface area (Å²) in [6.07, 6.45) is 5.02. The Morgan fingerprint density at radius 1 is 1.41 bits per heavy atom. The van der Waals surface area contributed by atoms with Crippen LogP contribution in [-0.4, -0.2) is 29.4 Å². The van der Waals surface area contributed by atoms with Gasteiger partial charge in [0.15, 0.2) is 0 Å². The van der Waals surface area contributed by atoms with Crippen LogP contribution in [0.5, 0.6) is 5.75 Å². The fourth-order valence-corrected chi connectivity index (χ4v) is 2.22. The molecule has 22 heavy (non-hydrogen) atoms. The van der Waals surface area contributed by atoms with Gasteiger partial charge in [0.05, 0.1) is 12.7 Å². The van der Waals surface area contributed by atoms with E-state index in [1.54, 1.807) is 30.5 Å². The van der Waals surface area contributed by atoms with E-state index in [4.69, 9.17) is 4.74 Å². The smallest absolute Gasteiger partial charge is 0.256 e. The second-order valence-corrected chi connectivity index (χ2v) is 5.02. The quantitative estimate of drug-likeness (QED) is 0.769. The summed E-state index contributed by atoms with van der Waals surface area (Å²) in [6, 6.07) is 9.54. The molecule has 0 unspecified atom stereocenters. The van der Waals surface area contributed by atoms with Gasteiger partial charge in [0.2, 0.25) is 0 Å². The van der Waals surface area contributed by atoms with Crippen LogP contribution in [0.15, 0.2) is 55.4 Å². The summed E-state index contributed by atoms with van der Waals surface area (Å²) in [5, 5.41) is 0.